The van der Waals surface area contributed by atoms with Crippen LogP contribution in [0.5, 0.6) is 5.75 Å². The number of methoxy groups -OCH3 is 1. The lowest BCUT2D eigenvalue weighted by Crippen LogP contribution is -2.44. The van der Waals surface area contributed by atoms with E-state index < -0.39 is 27.5 Å². The van der Waals surface area contributed by atoms with E-state index in [2.05, 4.69) is 9.82 Å². The van der Waals surface area contributed by atoms with Crippen LogP contribution >= 0.6 is 22.9 Å². The average Bonchev–Trinajstić information content (AvgIpc) is 3.41. The molecule has 9 nitrogen and oxygen atoms in total. The molecule has 1 amide bonds. The van der Waals surface area contributed by atoms with Crippen molar-refractivity contribution in [3.8, 4) is 5.75 Å². The predicted octanol–water partition coefficient (Wildman–Crippen LogP) is 6.03. The minimum Gasteiger partial charge on any atom is -0.493 e. The quantitative estimate of drug-likeness (QED) is 0.263. The highest BCUT2D eigenvalue weighted by Crippen LogP contribution is 2.36. The van der Waals surface area contributed by atoms with E-state index in [4.69, 9.17) is 16.3 Å². The standard InChI is InChI=1S/C25H26ClFN4O5S2/c1-25(2,3)30(24(32)33)13-15-6-5-7-16(12-15)14-31-18-9-8-17(27)22(36-4)21(18)23(28-31)29-38(34,35)20-11-10-19(26)37-20/h5-12H,13-14H2,1-4H3,(H,28,29)(H,32,33). The van der Waals surface area contributed by atoms with E-state index in [-0.39, 0.29) is 34.3 Å². The van der Waals surface area contributed by atoms with E-state index in [9.17, 15) is 22.7 Å². The average molecular weight is 581 g/mol. The topological polar surface area (TPSA) is 114 Å². The number of nitrogens with one attached hydrogen (secondary N) is 1. The molecule has 2 aromatic heterocycles. The SMILES string of the molecule is COc1c(F)ccc2c1c(NS(=O)(=O)c1ccc(Cl)s1)nn2Cc1cccc(CN(C(=O)O)C(C)(C)C)c1. The first kappa shape index (κ1) is 27.7. The highest BCUT2D eigenvalue weighted by atomic mass is 35.5. The molecule has 0 aliphatic carbocycles. The van der Waals surface area contributed by atoms with Crippen LogP contribution in [0, 0.1) is 5.82 Å². The molecule has 0 saturated carbocycles. The van der Waals surface area contributed by atoms with Gasteiger partial charge in [0, 0.05) is 12.1 Å². The molecule has 0 fully saturated rings. The molecule has 202 valence electrons. The highest BCUT2D eigenvalue weighted by molar-refractivity contribution is 7.94. The second-order valence-electron chi connectivity index (χ2n) is 9.50. The van der Waals surface area contributed by atoms with Gasteiger partial charge in [-0.05, 0) is 56.2 Å². The van der Waals surface area contributed by atoms with Crippen LogP contribution in [0.2, 0.25) is 4.34 Å². The zero-order valence-corrected chi connectivity index (χ0v) is 23.4. The second kappa shape index (κ2) is 10.4. The van der Waals surface area contributed by atoms with E-state index in [1.807, 2.05) is 45.0 Å². The Kier molecular flexibility index (Phi) is 7.60. The largest absolute Gasteiger partial charge is 0.493 e. The Labute approximate surface area is 228 Å². The number of rotatable bonds is 8. The van der Waals surface area contributed by atoms with Crippen molar-refractivity contribution in [3.05, 3.63) is 69.8 Å². The van der Waals surface area contributed by atoms with Crippen LogP contribution in [-0.2, 0) is 23.1 Å². The van der Waals surface area contributed by atoms with Crippen molar-refractivity contribution in [2.75, 3.05) is 11.8 Å². The van der Waals surface area contributed by atoms with E-state index >= 15 is 0 Å². The Bertz CT molecular complexity index is 1610. The minimum atomic E-state index is -4.05. The number of carbonyl (C=O) groups is 1. The molecule has 2 aromatic carbocycles. The number of fused-ring (bicyclic) bond motifs is 1. The van der Waals surface area contributed by atoms with Crippen molar-refractivity contribution in [2.24, 2.45) is 0 Å². The molecule has 0 unspecified atom stereocenters. The van der Waals surface area contributed by atoms with Crippen molar-refractivity contribution in [3.63, 3.8) is 0 Å². The summed E-state index contributed by atoms with van der Waals surface area (Å²) >= 11 is 6.80. The number of sulfonamides is 1. The molecule has 0 aliphatic heterocycles. The van der Waals surface area contributed by atoms with Gasteiger partial charge in [-0.3, -0.25) is 14.3 Å². The van der Waals surface area contributed by atoms with Gasteiger partial charge in [0.2, 0.25) is 0 Å². The first-order chi connectivity index (χ1) is 17.8. The van der Waals surface area contributed by atoms with Gasteiger partial charge in [-0.2, -0.15) is 5.10 Å². The Balaban J connectivity index is 1.74. The number of amides is 1. The van der Waals surface area contributed by atoms with Crippen molar-refractivity contribution >= 4 is 55.8 Å². The Morgan fingerprint density at radius 1 is 1.21 bits per heavy atom. The minimum absolute atomic E-state index is 0.0184. The van der Waals surface area contributed by atoms with E-state index in [0.29, 0.717) is 9.85 Å². The number of benzene rings is 2. The lowest BCUT2D eigenvalue weighted by Gasteiger charge is -2.33. The first-order valence-electron chi connectivity index (χ1n) is 11.4. The Morgan fingerprint density at radius 2 is 1.92 bits per heavy atom. The van der Waals surface area contributed by atoms with Crippen molar-refractivity contribution in [1.82, 2.24) is 14.7 Å². The van der Waals surface area contributed by atoms with Crippen LogP contribution in [-0.4, -0.2) is 46.9 Å². The summed E-state index contributed by atoms with van der Waals surface area (Å²) in [6, 6.07) is 12.9. The number of thiophene rings is 1. The fraction of sp³-hybridized carbons (Fsp3) is 0.280. The third-order valence-electron chi connectivity index (χ3n) is 5.78. The van der Waals surface area contributed by atoms with Gasteiger partial charge in [0.15, 0.2) is 17.4 Å². The van der Waals surface area contributed by atoms with Gasteiger partial charge in [0.05, 0.1) is 28.9 Å². The van der Waals surface area contributed by atoms with Crippen LogP contribution < -0.4 is 9.46 Å². The molecule has 2 N–H and O–H groups in total. The van der Waals surface area contributed by atoms with Gasteiger partial charge in [0.25, 0.3) is 10.0 Å². The number of hydrogen-bond acceptors (Lipinski definition) is 6. The molecular formula is C25H26ClFN4O5S2. The lowest BCUT2D eigenvalue weighted by atomic mass is 10.0. The van der Waals surface area contributed by atoms with Crippen molar-refractivity contribution in [1.29, 1.82) is 0 Å². The van der Waals surface area contributed by atoms with Gasteiger partial charge >= 0.3 is 6.09 Å². The summed E-state index contributed by atoms with van der Waals surface area (Å²) in [6.07, 6.45) is -1.03. The number of carboxylic acid groups (broad SMARTS) is 1. The molecule has 0 radical (unpaired) electrons. The maximum atomic E-state index is 14.6. The van der Waals surface area contributed by atoms with Crippen molar-refractivity contribution in [2.45, 2.75) is 43.6 Å². The summed E-state index contributed by atoms with van der Waals surface area (Å²) in [5, 5.41) is 14.3. The van der Waals surface area contributed by atoms with Gasteiger partial charge in [-0.25, -0.2) is 17.6 Å². The summed E-state index contributed by atoms with van der Waals surface area (Å²) in [7, 11) is -2.76. The molecule has 0 spiro atoms. The number of anilines is 1. The smallest absolute Gasteiger partial charge is 0.408 e. The summed E-state index contributed by atoms with van der Waals surface area (Å²) in [6.45, 7) is 5.84. The molecule has 0 bridgehead atoms. The third kappa shape index (κ3) is 5.71. The number of nitrogens with zero attached hydrogens (tertiary/aromatic N) is 3. The molecule has 38 heavy (non-hydrogen) atoms. The van der Waals surface area contributed by atoms with Crippen LogP contribution in [0.3, 0.4) is 0 Å². The molecule has 0 aliphatic rings. The van der Waals surface area contributed by atoms with E-state index in [1.165, 1.54) is 41.0 Å². The van der Waals surface area contributed by atoms with E-state index in [0.717, 1.165) is 22.5 Å². The highest BCUT2D eigenvalue weighted by Gasteiger charge is 2.27. The fourth-order valence-corrected chi connectivity index (χ4v) is 6.49. The Hall–Kier alpha value is -3.35. The van der Waals surface area contributed by atoms with Crippen molar-refractivity contribution < 1.29 is 27.4 Å². The third-order valence-corrected chi connectivity index (χ3v) is 8.84. The maximum absolute atomic E-state index is 14.6. The molecule has 4 aromatic rings. The number of aromatic nitrogens is 2. The summed E-state index contributed by atoms with van der Waals surface area (Å²) in [4.78, 5) is 13.1. The normalized spacial score (nSPS) is 12.1. The molecule has 4 rings (SSSR count). The lowest BCUT2D eigenvalue weighted by molar-refractivity contribution is 0.0955. The first-order valence-corrected chi connectivity index (χ1v) is 14.1. The molecule has 0 saturated heterocycles. The number of halogens is 2. The Morgan fingerprint density at radius 3 is 2.53 bits per heavy atom. The monoisotopic (exact) mass is 580 g/mol. The number of hydrogen-bond donors (Lipinski definition) is 2. The van der Waals surface area contributed by atoms with Crippen LogP contribution in [0.4, 0.5) is 15.0 Å². The van der Waals surface area contributed by atoms with Gasteiger partial charge in [-0.1, -0.05) is 35.9 Å². The summed E-state index contributed by atoms with van der Waals surface area (Å²) in [5.41, 5.74) is 1.40. The van der Waals surface area contributed by atoms with Gasteiger partial charge in [0.1, 0.15) is 4.21 Å². The molecule has 13 heteroatoms. The van der Waals surface area contributed by atoms with Gasteiger partial charge in [-0.15, -0.1) is 11.3 Å². The zero-order valence-electron chi connectivity index (χ0n) is 21.0. The van der Waals surface area contributed by atoms with E-state index in [1.54, 1.807) is 0 Å². The molecule has 2 heterocycles. The zero-order chi connectivity index (χ0) is 27.8. The molecular weight excluding hydrogens is 555 g/mol. The predicted molar refractivity (Wildman–Crippen MR) is 145 cm³/mol. The summed E-state index contributed by atoms with van der Waals surface area (Å²) in [5.74, 6) is -0.911. The summed E-state index contributed by atoms with van der Waals surface area (Å²) < 4.78 is 50.1. The molecule has 0 atom stereocenters. The van der Waals surface area contributed by atoms with Crippen LogP contribution in [0.15, 0.2) is 52.7 Å². The van der Waals surface area contributed by atoms with Crippen LogP contribution in [0.25, 0.3) is 10.9 Å². The van der Waals surface area contributed by atoms with Gasteiger partial charge < -0.3 is 9.84 Å². The second-order valence-corrected chi connectivity index (χ2v) is 13.1. The van der Waals surface area contributed by atoms with Crippen LogP contribution in [0.1, 0.15) is 31.9 Å². The maximum Gasteiger partial charge on any atom is 0.408 e. The fourth-order valence-electron chi connectivity index (χ4n) is 4.00. The number of ether oxygens (including phenoxy) is 1.